The van der Waals surface area contributed by atoms with Gasteiger partial charge in [-0.1, -0.05) is 12.1 Å². The average molecular weight is 321 g/mol. The Kier molecular flexibility index (Phi) is 7.60. The minimum absolute atomic E-state index is 0.0689. The summed E-state index contributed by atoms with van der Waals surface area (Å²) in [6.45, 7) is 0.669. The second-order valence-corrected chi connectivity index (χ2v) is 5.64. The first-order valence-electron chi connectivity index (χ1n) is 6.55. The standard InChI is InChI=1S/C14H18F3NO2S/c15-14(16,17)12-4-2-11(3-5-12)10-13(20)18-6-9-21-8-1-7-19/h2-5,19H,1,6-10H2,(H,18,20). The van der Waals surface area contributed by atoms with Crippen molar-refractivity contribution in [2.75, 3.05) is 24.7 Å². The van der Waals surface area contributed by atoms with Crippen molar-refractivity contribution < 1.29 is 23.1 Å². The molecule has 2 N–H and O–H groups in total. The second-order valence-electron chi connectivity index (χ2n) is 4.41. The van der Waals surface area contributed by atoms with E-state index in [2.05, 4.69) is 5.32 Å². The fourth-order valence-corrected chi connectivity index (χ4v) is 2.37. The van der Waals surface area contributed by atoms with Crippen LogP contribution in [0.3, 0.4) is 0 Å². The highest BCUT2D eigenvalue weighted by atomic mass is 32.2. The summed E-state index contributed by atoms with van der Waals surface area (Å²) in [7, 11) is 0. The van der Waals surface area contributed by atoms with E-state index >= 15 is 0 Å². The largest absolute Gasteiger partial charge is 0.416 e. The monoisotopic (exact) mass is 321 g/mol. The Bertz CT molecular complexity index is 435. The Labute approximate surface area is 125 Å². The van der Waals surface area contributed by atoms with Gasteiger partial charge in [0.2, 0.25) is 5.91 Å². The summed E-state index contributed by atoms with van der Waals surface area (Å²) in [4.78, 5) is 11.6. The van der Waals surface area contributed by atoms with Gasteiger partial charge in [0, 0.05) is 18.9 Å². The first-order chi connectivity index (χ1) is 9.93. The Morgan fingerprint density at radius 3 is 2.43 bits per heavy atom. The SMILES string of the molecule is O=C(Cc1ccc(C(F)(F)F)cc1)NCCSCCCO. The Morgan fingerprint density at radius 2 is 1.86 bits per heavy atom. The summed E-state index contributed by atoms with van der Waals surface area (Å²) in [6.07, 6.45) is -3.56. The molecule has 0 aliphatic heterocycles. The second kappa shape index (κ2) is 8.94. The molecule has 1 aromatic rings. The normalized spacial score (nSPS) is 11.4. The quantitative estimate of drug-likeness (QED) is 0.723. The van der Waals surface area contributed by atoms with Crippen LogP contribution in [-0.4, -0.2) is 35.7 Å². The van der Waals surface area contributed by atoms with Gasteiger partial charge in [0.15, 0.2) is 0 Å². The molecule has 0 saturated carbocycles. The number of aliphatic hydroxyl groups is 1. The Balaban J connectivity index is 2.28. The Hall–Kier alpha value is -1.21. The van der Waals surface area contributed by atoms with Crippen molar-refractivity contribution in [2.24, 2.45) is 0 Å². The molecule has 0 heterocycles. The van der Waals surface area contributed by atoms with Crippen molar-refractivity contribution >= 4 is 17.7 Å². The van der Waals surface area contributed by atoms with Crippen LogP contribution in [0, 0.1) is 0 Å². The van der Waals surface area contributed by atoms with Crippen molar-refractivity contribution in [3.8, 4) is 0 Å². The van der Waals surface area contributed by atoms with E-state index in [4.69, 9.17) is 5.11 Å². The molecular formula is C14H18F3NO2S. The van der Waals surface area contributed by atoms with Gasteiger partial charge in [-0.15, -0.1) is 0 Å². The number of thioether (sulfide) groups is 1. The molecule has 1 amide bonds. The van der Waals surface area contributed by atoms with Crippen LogP contribution in [0.4, 0.5) is 13.2 Å². The molecular weight excluding hydrogens is 303 g/mol. The highest BCUT2D eigenvalue weighted by Crippen LogP contribution is 2.29. The maximum atomic E-state index is 12.4. The summed E-state index contributed by atoms with van der Waals surface area (Å²) in [5.74, 6) is 1.38. The number of halogens is 3. The number of carbonyl (C=O) groups excluding carboxylic acids is 1. The van der Waals surface area contributed by atoms with Crippen molar-refractivity contribution in [3.05, 3.63) is 35.4 Å². The van der Waals surface area contributed by atoms with Crippen molar-refractivity contribution in [1.82, 2.24) is 5.32 Å². The fourth-order valence-electron chi connectivity index (χ4n) is 1.59. The summed E-state index contributed by atoms with van der Waals surface area (Å²) in [5.41, 5.74) is -0.166. The first-order valence-corrected chi connectivity index (χ1v) is 7.70. The van der Waals surface area contributed by atoms with Crippen LogP contribution in [0.15, 0.2) is 24.3 Å². The third-order valence-electron chi connectivity index (χ3n) is 2.66. The maximum absolute atomic E-state index is 12.4. The lowest BCUT2D eigenvalue weighted by Crippen LogP contribution is -2.27. The van der Waals surface area contributed by atoms with Crippen LogP contribution in [0.1, 0.15) is 17.5 Å². The summed E-state index contributed by atoms with van der Waals surface area (Å²) < 4.78 is 37.1. The van der Waals surface area contributed by atoms with Gasteiger partial charge < -0.3 is 10.4 Å². The van der Waals surface area contributed by atoms with E-state index in [0.717, 1.165) is 30.1 Å². The molecule has 0 aromatic heterocycles. The van der Waals surface area contributed by atoms with Gasteiger partial charge in [0.25, 0.3) is 0 Å². The van der Waals surface area contributed by atoms with Crippen molar-refractivity contribution in [3.63, 3.8) is 0 Å². The van der Waals surface area contributed by atoms with Gasteiger partial charge in [-0.25, -0.2) is 0 Å². The molecule has 0 radical (unpaired) electrons. The van der Waals surface area contributed by atoms with E-state index in [-0.39, 0.29) is 18.9 Å². The van der Waals surface area contributed by atoms with E-state index in [9.17, 15) is 18.0 Å². The van der Waals surface area contributed by atoms with E-state index in [1.165, 1.54) is 12.1 Å². The molecule has 7 heteroatoms. The van der Waals surface area contributed by atoms with E-state index in [1.807, 2.05) is 0 Å². The molecule has 0 aliphatic carbocycles. The van der Waals surface area contributed by atoms with Crippen LogP contribution < -0.4 is 5.32 Å². The van der Waals surface area contributed by atoms with Crippen LogP contribution in [0.5, 0.6) is 0 Å². The van der Waals surface area contributed by atoms with Gasteiger partial charge in [-0.2, -0.15) is 24.9 Å². The smallest absolute Gasteiger partial charge is 0.396 e. The number of hydrogen-bond donors (Lipinski definition) is 2. The van der Waals surface area contributed by atoms with Crippen LogP contribution in [0.2, 0.25) is 0 Å². The molecule has 0 atom stereocenters. The van der Waals surface area contributed by atoms with Crippen LogP contribution in [-0.2, 0) is 17.4 Å². The van der Waals surface area contributed by atoms with Crippen LogP contribution >= 0.6 is 11.8 Å². The number of hydrogen-bond acceptors (Lipinski definition) is 3. The van der Waals surface area contributed by atoms with Gasteiger partial charge in [0.1, 0.15) is 0 Å². The molecule has 0 aliphatic rings. The molecule has 0 saturated heterocycles. The number of carbonyl (C=O) groups is 1. The molecule has 0 bridgehead atoms. The molecule has 118 valence electrons. The molecule has 1 rings (SSSR count). The predicted molar refractivity (Wildman–Crippen MR) is 77.2 cm³/mol. The summed E-state index contributed by atoms with van der Waals surface area (Å²) in [5, 5.41) is 11.3. The fraction of sp³-hybridized carbons (Fsp3) is 0.500. The van der Waals surface area contributed by atoms with E-state index < -0.39 is 11.7 Å². The van der Waals surface area contributed by atoms with Gasteiger partial charge in [-0.05, 0) is 29.9 Å². The lowest BCUT2D eigenvalue weighted by Gasteiger charge is -2.08. The predicted octanol–water partition coefficient (Wildman–Crippen LogP) is 2.48. The average Bonchev–Trinajstić information content (AvgIpc) is 2.42. The van der Waals surface area contributed by atoms with Crippen LogP contribution in [0.25, 0.3) is 0 Å². The molecule has 0 fully saturated rings. The van der Waals surface area contributed by atoms with Crippen molar-refractivity contribution in [1.29, 1.82) is 0 Å². The van der Waals surface area contributed by atoms with Gasteiger partial charge in [0.05, 0.1) is 12.0 Å². The molecule has 1 aromatic carbocycles. The summed E-state index contributed by atoms with van der Waals surface area (Å²) >= 11 is 1.63. The zero-order chi connectivity index (χ0) is 15.7. The maximum Gasteiger partial charge on any atom is 0.416 e. The number of aliphatic hydroxyl groups excluding tert-OH is 1. The molecule has 21 heavy (non-hydrogen) atoms. The third-order valence-corrected chi connectivity index (χ3v) is 3.73. The van der Waals surface area contributed by atoms with Gasteiger partial charge >= 0.3 is 6.18 Å². The number of rotatable bonds is 8. The zero-order valence-electron chi connectivity index (χ0n) is 11.4. The number of benzene rings is 1. The number of alkyl halides is 3. The molecule has 0 unspecified atom stereocenters. The number of nitrogens with one attached hydrogen (secondary N) is 1. The van der Waals surface area contributed by atoms with Gasteiger partial charge in [-0.3, -0.25) is 4.79 Å². The minimum atomic E-state index is -4.35. The lowest BCUT2D eigenvalue weighted by molar-refractivity contribution is -0.137. The van der Waals surface area contributed by atoms with Crippen molar-refractivity contribution in [2.45, 2.75) is 19.0 Å². The minimum Gasteiger partial charge on any atom is -0.396 e. The lowest BCUT2D eigenvalue weighted by atomic mass is 10.1. The first kappa shape index (κ1) is 17.8. The number of amides is 1. The third kappa shape index (κ3) is 7.38. The highest BCUT2D eigenvalue weighted by molar-refractivity contribution is 7.99. The molecule has 3 nitrogen and oxygen atoms in total. The highest BCUT2D eigenvalue weighted by Gasteiger charge is 2.29. The van der Waals surface area contributed by atoms with E-state index in [0.29, 0.717) is 12.1 Å². The summed E-state index contributed by atoms with van der Waals surface area (Å²) in [6, 6.07) is 4.59. The molecule has 0 spiro atoms. The van der Waals surface area contributed by atoms with E-state index in [1.54, 1.807) is 11.8 Å². The Morgan fingerprint density at radius 1 is 1.19 bits per heavy atom. The topological polar surface area (TPSA) is 49.3 Å². The zero-order valence-corrected chi connectivity index (χ0v) is 12.3.